The van der Waals surface area contributed by atoms with Gasteiger partial charge in [0.05, 0.1) is 0 Å². The Morgan fingerprint density at radius 1 is 1.43 bits per heavy atom. The average molecular weight is 216 g/mol. The highest BCUT2D eigenvalue weighted by Crippen LogP contribution is 2.02. The number of carbonyl (C=O) groups is 1. The highest BCUT2D eigenvalue weighted by Gasteiger charge is 2.14. The van der Waals surface area contributed by atoms with Crippen LogP contribution in [0.3, 0.4) is 0 Å². The third-order valence-electron chi connectivity index (χ3n) is 1.93. The van der Waals surface area contributed by atoms with E-state index in [1.54, 1.807) is 7.05 Å². The molecule has 0 aromatic heterocycles. The van der Waals surface area contributed by atoms with E-state index in [0.29, 0.717) is 6.42 Å². The van der Waals surface area contributed by atoms with Gasteiger partial charge in [0.2, 0.25) is 0 Å². The van der Waals surface area contributed by atoms with Crippen molar-refractivity contribution in [3.8, 4) is 0 Å². The van der Waals surface area contributed by atoms with Crippen LogP contribution in [0.2, 0.25) is 0 Å². The molecular weight excluding hydrogens is 202 g/mol. The standard InChI is InChI=1S/C10H13NO2.ClH/c1-11-9(10(12)13)7-8-5-3-2-4-6-8;/h2-6,9,11H,7H2,1H3,(H,12,13);1H/t9-;/m0./s1. The fourth-order valence-electron chi connectivity index (χ4n) is 1.16. The van der Waals surface area contributed by atoms with Crippen molar-refractivity contribution in [2.75, 3.05) is 7.05 Å². The minimum absolute atomic E-state index is 0. The molecule has 0 heterocycles. The molecule has 1 aromatic rings. The Bertz CT molecular complexity index is 277. The lowest BCUT2D eigenvalue weighted by molar-refractivity contribution is -0.139. The highest BCUT2D eigenvalue weighted by atomic mass is 35.5. The number of hydrogen-bond donors (Lipinski definition) is 2. The molecule has 0 aliphatic rings. The van der Waals surface area contributed by atoms with Crippen molar-refractivity contribution < 1.29 is 9.90 Å². The maximum absolute atomic E-state index is 10.7. The maximum atomic E-state index is 10.7. The summed E-state index contributed by atoms with van der Waals surface area (Å²) < 4.78 is 0. The van der Waals surface area contributed by atoms with Gasteiger partial charge >= 0.3 is 5.97 Å². The maximum Gasteiger partial charge on any atom is 0.321 e. The predicted octanol–water partition coefficient (Wildman–Crippen LogP) is 1.32. The van der Waals surface area contributed by atoms with Gasteiger partial charge in [-0.3, -0.25) is 4.79 Å². The smallest absolute Gasteiger partial charge is 0.321 e. The van der Waals surface area contributed by atoms with Crippen molar-refractivity contribution in [3.05, 3.63) is 35.9 Å². The number of carboxylic acids is 1. The summed E-state index contributed by atoms with van der Waals surface area (Å²) in [5.41, 5.74) is 1.03. The van der Waals surface area contributed by atoms with Gasteiger partial charge in [-0.2, -0.15) is 0 Å². The van der Waals surface area contributed by atoms with E-state index in [1.165, 1.54) is 0 Å². The van der Waals surface area contributed by atoms with E-state index in [4.69, 9.17) is 5.11 Å². The number of nitrogens with one attached hydrogen (secondary N) is 1. The summed E-state index contributed by atoms with van der Waals surface area (Å²) in [5.74, 6) is -0.814. The Morgan fingerprint density at radius 2 is 2.00 bits per heavy atom. The van der Waals surface area contributed by atoms with E-state index < -0.39 is 12.0 Å². The Balaban J connectivity index is 0.00000169. The molecule has 0 saturated carbocycles. The number of hydrogen-bond acceptors (Lipinski definition) is 2. The van der Waals surface area contributed by atoms with Crippen LogP contribution in [0.25, 0.3) is 0 Å². The summed E-state index contributed by atoms with van der Waals surface area (Å²) in [6.07, 6.45) is 0.521. The molecule has 0 amide bonds. The first kappa shape index (κ1) is 12.9. The molecule has 0 unspecified atom stereocenters. The minimum atomic E-state index is -0.814. The molecule has 0 radical (unpaired) electrons. The van der Waals surface area contributed by atoms with Crippen molar-refractivity contribution in [1.29, 1.82) is 0 Å². The van der Waals surface area contributed by atoms with Crippen LogP contribution in [0.4, 0.5) is 0 Å². The van der Waals surface area contributed by atoms with E-state index in [9.17, 15) is 4.79 Å². The Kier molecular flexibility index (Phi) is 5.92. The van der Waals surface area contributed by atoms with Gasteiger partial charge in [-0.25, -0.2) is 0 Å². The third kappa shape index (κ3) is 3.77. The summed E-state index contributed by atoms with van der Waals surface area (Å²) in [5, 5.41) is 11.5. The number of likely N-dealkylation sites (N-methyl/N-ethyl adjacent to an activating group) is 1. The second-order valence-corrected chi connectivity index (χ2v) is 2.87. The van der Waals surface area contributed by atoms with Crippen LogP contribution < -0.4 is 5.32 Å². The normalized spacial score (nSPS) is 11.5. The van der Waals surface area contributed by atoms with Crippen molar-refractivity contribution in [1.82, 2.24) is 5.32 Å². The molecule has 4 heteroatoms. The molecular formula is C10H14ClNO2. The lowest BCUT2D eigenvalue weighted by atomic mass is 10.1. The highest BCUT2D eigenvalue weighted by molar-refractivity contribution is 5.85. The largest absolute Gasteiger partial charge is 0.480 e. The number of carboxylic acid groups (broad SMARTS) is 1. The van der Waals surface area contributed by atoms with E-state index in [-0.39, 0.29) is 12.4 Å². The molecule has 0 aliphatic heterocycles. The summed E-state index contributed by atoms with van der Waals surface area (Å²) >= 11 is 0. The topological polar surface area (TPSA) is 49.3 Å². The average Bonchev–Trinajstić information content (AvgIpc) is 2.15. The van der Waals surface area contributed by atoms with Crippen LogP contribution in [-0.2, 0) is 11.2 Å². The van der Waals surface area contributed by atoms with E-state index in [2.05, 4.69) is 5.32 Å². The van der Waals surface area contributed by atoms with Crippen molar-refractivity contribution in [2.45, 2.75) is 12.5 Å². The van der Waals surface area contributed by atoms with Crippen molar-refractivity contribution in [3.63, 3.8) is 0 Å². The minimum Gasteiger partial charge on any atom is -0.480 e. The SMILES string of the molecule is CN[C@@H](Cc1ccccc1)C(=O)O.Cl. The van der Waals surface area contributed by atoms with Crippen LogP contribution in [0.15, 0.2) is 30.3 Å². The van der Waals surface area contributed by atoms with Gasteiger partial charge in [-0.1, -0.05) is 30.3 Å². The zero-order chi connectivity index (χ0) is 9.68. The van der Waals surface area contributed by atoms with Crippen LogP contribution in [-0.4, -0.2) is 24.2 Å². The van der Waals surface area contributed by atoms with E-state index in [0.717, 1.165) is 5.56 Å². The Labute approximate surface area is 89.5 Å². The Hall–Kier alpha value is -1.06. The lowest BCUT2D eigenvalue weighted by Crippen LogP contribution is -2.35. The number of aliphatic carboxylic acids is 1. The summed E-state index contributed by atoms with van der Waals surface area (Å²) in [7, 11) is 1.65. The van der Waals surface area contributed by atoms with Gasteiger partial charge in [0.15, 0.2) is 0 Å². The van der Waals surface area contributed by atoms with Crippen molar-refractivity contribution >= 4 is 18.4 Å². The fraction of sp³-hybridized carbons (Fsp3) is 0.300. The quantitative estimate of drug-likeness (QED) is 0.797. The van der Waals surface area contributed by atoms with E-state index in [1.807, 2.05) is 30.3 Å². The molecule has 14 heavy (non-hydrogen) atoms. The number of rotatable bonds is 4. The second kappa shape index (κ2) is 6.40. The van der Waals surface area contributed by atoms with Crippen LogP contribution in [0.1, 0.15) is 5.56 Å². The zero-order valence-corrected chi connectivity index (χ0v) is 8.75. The molecule has 2 N–H and O–H groups in total. The second-order valence-electron chi connectivity index (χ2n) is 2.87. The molecule has 78 valence electrons. The summed E-state index contributed by atoms with van der Waals surface area (Å²) in [6, 6.07) is 9.08. The lowest BCUT2D eigenvalue weighted by Gasteiger charge is -2.10. The molecule has 1 aromatic carbocycles. The molecule has 0 aliphatic carbocycles. The van der Waals surface area contributed by atoms with Gasteiger partial charge in [-0.05, 0) is 19.0 Å². The van der Waals surface area contributed by atoms with E-state index >= 15 is 0 Å². The molecule has 0 saturated heterocycles. The van der Waals surface area contributed by atoms with Gasteiger partial charge in [0.1, 0.15) is 6.04 Å². The molecule has 1 rings (SSSR count). The Morgan fingerprint density at radius 3 is 2.43 bits per heavy atom. The van der Waals surface area contributed by atoms with Crippen molar-refractivity contribution in [2.24, 2.45) is 0 Å². The first-order valence-corrected chi connectivity index (χ1v) is 4.18. The molecule has 0 spiro atoms. The summed E-state index contributed by atoms with van der Waals surface area (Å²) in [4.78, 5) is 10.7. The molecule has 0 fully saturated rings. The van der Waals surface area contributed by atoms with Gasteiger partial charge in [-0.15, -0.1) is 12.4 Å². The first-order valence-electron chi connectivity index (χ1n) is 4.18. The zero-order valence-electron chi connectivity index (χ0n) is 7.93. The third-order valence-corrected chi connectivity index (χ3v) is 1.93. The van der Waals surface area contributed by atoms with Gasteiger partial charge < -0.3 is 10.4 Å². The number of halogens is 1. The summed E-state index contributed by atoms with van der Waals surface area (Å²) in [6.45, 7) is 0. The molecule has 3 nitrogen and oxygen atoms in total. The first-order chi connectivity index (χ1) is 6.24. The van der Waals surface area contributed by atoms with Crippen LogP contribution in [0, 0.1) is 0 Å². The monoisotopic (exact) mass is 215 g/mol. The van der Waals surface area contributed by atoms with Crippen LogP contribution in [0.5, 0.6) is 0 Å². The fourth-order valence-corrected chi connectivity index (χ4v) is 1.16. The van der Waals surface area contributed by atoms with Gasteiger partial charge in [0.25, 0.3) is 0 Å². The van der Waals surface area contributed by atoms with Crippen LogP contribution >= 0.6 is 12.4 Å². The molecule has 1 atom stereocenters. The molecule has 0 bridgehead atoms. The van der Waals surface area contributed by atoms with Gasteiger partial charge in [0, 0.05) is 0 Å². The predicted molar refractivity (Wildman–Crippen MR) is 57.9 cm³/mol. The number of benzene rings is 1.